The molecule has 3 nitrogen and oxygen atoms in total. The third-order valence-corrected chi connectivity index (χ3v) is 5.79. The molecular weight excluding hydrogens is 424 g/mol. The summed E-state index contributed by atoms with van der Waals surface area (Å²) in [6.07, 6.45) is 12.9. The minimum absolute atomic E-state index is 0.244. The first-order chi connectivity index (χ1) is 14.2. The predicted molar refractivity (Wildman–Crippen MR) is 123 cm³/mol. The van der Waals surface area contributed by atoms with E-state index in [1.165, 1.54) is 36.0 Å². The Bertz CT molecular complexity index is 859. The Morgan fingerprint density at radius 1 is 1.00 bits per heavy atom. The molecule has 0 aliphatic rings. The van der Waals surface area contributed by atoms with E-state index >= 15 is 0 Å². The zero-order valence-electron chi connectivity index (χ0n) is 17.5. The van der Waals surface area contributed by atoms with Gasteiger partial charge in [0.2, 0.25) is 0 Å². The maximum absolute atomic E-state index is 6.32. The molecule has 0 spiro atoms. The summed E-state index contributed by atoms with van der Waals surface area (Å²) in [4.78, 5) is 4.28. The van der Waals surface area contributed by atoms with Gasteiger partial charge in [0, 0.05) is 22.4 Å². The zero-order valence-corrected chi connectivity index (χ0v) is 19.1. The molecule has 3 rings (SSSR count). The first-order valence-electron chi connectivity index (χ1n) is 10.7. The van der Waals surface area contributed by atoms with Crippen LogP contribution >= 0.6 is 15.9 Å². The number of halogens is 1. The molecule has 154 valence electrons. The fraction of sp³-hybridized carbons (Fsp3) is 0.400. The molecule has 2 aromatic carbocycles. The minimum atomic E-state index is 0.244. The van der Waals surface area contributed by atoms with E-state index in [9.17, 15) is 0 Å². The Morgan fingerprint density at radius 2 is 1.79 bits per heavy atom. The molecule has 1 atom stereocenters. The SMILES string of the molecule is CCCCCc1ccc(OCc2ccc(Br)cc2)c(C(CCC)n2ccnc2)c1. The van der Waals surface area contributed by atoms with Crippen LogP contribution in [-0.4, -0.2) is 9.55 Å². The van der Waals surface area contributed by atoms with E-state index in [4.69, 9.17) is 4.74 Å². The molecule has 0 bridgehead atoms. The average Bonchev–Trinajstić information content (AvgIpc) is 3.27. The molecule has 0 fully saturated rings. The van der Waals surface area contributed by atoms with Gasteiger partial charge >= 0.3 is 0 Å². The summed E-state index contributed by atoms with van der Waals surface area (Å²) in [7, 11) is 0. The van der Waals surface area contributed by atoms with Gasteiger partial charge in [-0.25, -0.2) is 4.98 Å². The number of hydrogen-bond acceptors (Lipinski definition) is 2. The standard InChI is InChI=1S/C25H31BrN2O/c1-3-5-6-8-20-11-14-25(29-18-21-9-12-22(26)13-10-21)23(17-20)24(7-4-2)28-16-15-27-19-28/h9-17,19,24H,3-8,18H2,1-2H3. The summed E-state index contributed by atoms with van der Waals surface area (Å²) < 4.78 is 9.61. The van der Waals surface area contributed by atoms with E-state index in [2.05, 4.69) is 88.0 Å². The van der Waals surface area contributed by atoms with Crippen molar-refractivity contribution in [3.05, 3.63) is 82.3 Å². The lowest BCUT2D eigenvalue weighted by Gasteiger charge is -2.23. The van der Waals surface area contributed by atoms with E-state index in [1.54, 1.807) is 0 Å². The van der Waals surface area contributed by atoms with Gasteiger partial charge in [-0.1, -0.05) is 73.3 Å². The third-order valence-electron chi connectivity index (χ3n) is 5.26. The molecule has 0 aliphatic heterocycles. The van der Waals surface area contributed by atoms with Gasteiger partial charge < -0.3 is 9.30 Å². The van der Waals surface area contributed by atoms with Crippen LogP contribution in [0.25, 0.3) is 0 Å². The molecular formula is C25H31BrN2O. The van der Waals surface area contributed by atoms with E-state index in [-0.39, 0.29) is 6.04 Å². The summed E-state index contributed by atoms with van der Waals surface area (Å²) in [5, 5.41) is 0. The maximum Gasteiger partial charge on any atom is 0.125 e. The number of nitrogens with zero attached hydrogens (tertiary/aromatic N) is 2. The predicted octanol–water partition coefficient (Wildman–Crippen LogP) is 7.35. The van der Waals surface area contributed by atoms with Gasteiger partial charge in [0.05, 0.1) is 12.4 Å². The van der Waals surface area contributed by atoms with Crippen LogP contribution in [-0.2, 0) is 13.0 Å². The molecule has 1 unspecified atom stereocenters. The number of hydrogen-bond donors (Lipinski definition) is 0. The molecule has 1 aromatic heterocycles. The normalized spacial score (nSPS) is 12.1. The van der Waals surface area contributed by atoms with Crippen molar-refractivity contribution in [1.82, 2.24) is 9.55 Å². The van der Waals surface area contributed by atoms with Crippen molar-refractivity contribution in [3.63, 3.8) is 0 Å². The second kappa shape index (κ2) is 11.2. The van der Waals surface area contributed by atoms with Crippen LogP contribution in [0.2, 0.25) is 0 Å². The molecule has 0 aliphatic carbocycles. The summed E-state index contributed by atoms with van der Waals surface area (Å²) in [5.74, 6) is 0.972. The van der Waals surface area contributed by atoms with Crippen LogP contribution in [0.5, 0.6) is 5.75 Å². The average molecular weight is 455 g/mol. The number of benzene rings is 2. The number of imidazole rings is 1. The topological polar surface area (TPSA) is 27.1 Å². The summed E-state index contributed by atoms with van der Waals surface area (Å²) in [6, 6.07) is 15.3. The van der Waals surface area contributed by atoms with Crippen LogP contribution in [0.15, 0.2) is 65.7 Å². The second-order valence-electron chi connectivity index (χ2n) is 7.56. The Hall–Kier alpha value is -2.07. The number of unbranched alkanes of at least 4 members (excludes halogenated alkanes) is 2. The van der Waals surface area contributed by atoms with E-state index < -0.39 is 0 Å². The van der Waals surface area contributed by atoms with E-state index in [0.717, 1.165) is 29.5 Å². The van der Waals surface area contributed by atoms with Gasteiger partial charge in [-0.05, 0) is 48.6 Å². The number of aromatic nitrogens is 2. The zero-order chi connectivity index (χ0) is 20.5. The summed E-state index contributed by atoms with van der Waals surface area (Å²) in [5.41, 5.74) is 3.82. The highest BCUT2D eigenvalue weighted by atomic mass is 79.9. The van der Waals surface area contributed by atoms with E-state index in [1.807, 2.05) is 12.5 Å². The van der Waals surface area contributed by atoms with Gasteiger partial charge in [0.15, 0.2) is 0 Å². The highest BCUT2D eigenvalue weighted by Gasteiger charge is 2.18. The van der Waals surface area contributed by atoms with Crippen molar-refractivity contribution in [2.45, 2.75) is 65.0 Å². The fourth-order valence-corrected chi connectivity index (χ4v) is 3.92. The molecule has 4 heteroatoms. The molecule has 0 saturated heterocycles. The number of aryl methyl sites for hydroxylation is 1. The lowest BCUT2D eigenvalue weighted by molar-refractivity contribution is 0.298. The van der Waals surface area contributed by atoms with Gasteiger partial charge in [-0.15, -0.1) is 0 Å². The molecule has 0 radical (unpaired) electrons. The van der Waals surface area contributed by atoms with Crippen molar-refractivity contribution in [1.29, 1.82) is 0 Å². The Morgan fingerprint density at radius 3 is 2.48 bits per heavy atom. The quantitative estimate of drug-likeness (QED) is 0.283. The van der Waals surface area contributed by atoms with Gasteiger partial charge in [0.1, 0.15) is 12.4 Å². The summed E-state index contributed by atoms with van der Waals surface area (Å²) in [6.45, 7) is 5.05. The van der Waals surface area contributed by atoms with Crippen LogP contribution in [0.3, 0.4) is 0 Å². The largest absolute Gasteiger partial charge is 0.489 e. The van der Waals surface area contributed by atoms with Gasteiger partial charge in [0.25, 0.3) is 0 Å². The van der Waals surface area contributed by atoms with Crippen molar-refractivity contribution in [2.75, 3.05) is 0 Å². The Labute approximate surface area is 183 Å². The van der Waals surface area contributed by atoms with Crippen LogP contribution in [0, 0.1) is 0 Å². The first kappa shape index (κ1) is 21.6. The Kier molecular flexibility index (Phi) is 8.36. The molecule has 3 aromatic rings. The van der Waals surface area contributed by atoms with Gasteiger partial charge in [-0.2, -0.15) is 0 Å². The maximum atomic E-state index is 6.32. The van der Waals surface area contributed by atoms with Crippen LogP contribution < -0.4 is 4.74 Å². The van der Waals surface area contributed by atoms with Crippen LogP contribution in [0.4, 0.5) is 0 Å². The fourth-order valence-electron chi connectivity index (χ4n) is 3.66. The molecule has 0 saturated carbocycles. The monoisotopic (exact) mass is 454 g/mol. The minimum Gasteiger partial charge on any atom is -0.489 e. The highest BCUT2D eigenvalue weighted by Crippen LogP contribution is 2.33. The molecule has 0 amide bonds. The van der Waals surface area contributed by atoms with Crippen LogP contribution in [0.1, 0.15) is 68.7 Å². The van der Waals surface area contributed by atoms with Crippen molar-refractivity contribution in [3.8, 4) is 5.75 Å². The Balaban J connectivity index is 1.87. The first-order valence-corrected chi connectivity index (χ1v) is 11.5. The lowest BCUT2D eigenvalue weighted by atomic mass is 9.96. The van der Waals surface area contributed by atoms with E-state index in [0.29, 0.717) is 6.61 Å². The second-order valence-corrected chi connectivity index (χ2v) is 8.47. The smallest absolute Gasteiger partial charge is 0.125 e. The molecule has 0 N–H and O–H groups in total. The third kappa shape index (κ3) is 6.20. The summed E-state index contributed by atoms with van der Waals surface area (Å²) >= 11 is 3.50. The lowest BCUT2D eigenvalue weighted by Crippen LogP contribution is -2.11. The number of ether oxygens (including phenoxy) is 1. The molecule has 29 heavy (non-hydrogen) atoms. The van der Waals surface area contributed by atoms with Crippen molar-refractivity contribution < 1.29 is 4.74 Å². The number of rotatable bonds is 11. The molecule has 1 heterocycles. The van der Waals surface area contributed by atoms with Crippen molar-refractivity contribution >= 4 is 15.9 Å². The van der Waals surface area contributed by atoms with Crippen molar-refractivity contribution in [2.24, 2.45) is 0 Å². The van der Waals surface area contributed by atoms with Gasteiger partial charge in [-0.3, -0.25) is 0 Å². The highest BCUT2D eigenvalue weighted by molar-refractivity contribution is 9.10.